The second-order valence-corrected chi connectivity index (χ2v) is 6.19. The molecule has 0 spiro atoms. The molecular formula is C10H6O6Rb2S2. The van der Waals surface area contributed by atoms with Crippen molar-refractivity contribution in [3.63, 3.8) is 0 Å². The fourth-order valence-corrected chi connectivity index (χ4v) is 3.63. The van der Waals surface area contributed by atoms with E-state index in [0.717, 1.165) is 6.07 Å². The molecule has 0 aliphatic rings. The molecule has 0 bridgehead atoms. The molecule has 20 heavy (non-hydrogen) atoms. The summed E-state index contributed by atoms with van der Waals surface area (Å²) in [5, 5.41) is 0.281. The molecule has 0 aromatic heterocycles. The summed E-state index contributed by atoms with van der Waals surface area (Å²) in [5.41, 5.74) is 0. The van der Waals surface area contributed by atoms with Crippen molar-refractivity contribution in [3.8, 4) is 0 Å². The van der Waals surface area contributed by atoms with Gasteiger partial charge in [-0.2, -0.15) is 0 Å². The van der Waals surface area contributed by atoms with Gasteiger partial charge in [0.1, 0.15) is 20.2 Å². The average molecular weight is 457 g/mol. The van der Waals surface area contributed by atoms with E-state index in [1.54, 1.807) is 6.07 Å². The summed E-state index contributed by atoms with van der Waals surface area (Å²) in [6.07, 6.45) is 0. The Morgan fingerprint density at radius 3 is 1.80 bits per heavy atom. The third kappa shape index (κ3) is 5.07. The zero-order valence-corrected chi connectivity index (χ0v) is 22.2. The van der Waals surface area contributed by atoms with Gasteiger partial charge in [-0.25, -0.2) is 16.8 Å². The topological polar surface area (TPSA) is 114 Å². The summed E-state index contributed by atoms with van der Waals surface area (Å²) in [4.78, 5) is -2.01. The zero-order valence-electron chi connectivity index (χ0n) is 10.7. The summed E-state index contributed by atoms with van der Waals surface area (Å²) in [6.45, 7) is 0. The van der Waals surface area contributed by atoms with Gasteiger partial charge >= 0.3 is 116 Å². The maximum Gasteiger partial charge on any atom is 1.00 e. The largest absolute Gasteiger partial charge is 1.00 e. The molecule has 0 radical (unpaired) electrons. The van der Waals surface area contributed by atoms with Gasteiger partial charge in [-0.05, 0) is 11.5 Å². The van der Waals surface area contributed by atoms with Crippen molar-refractivity contribution >= 4 is 31.0 Å². The van der Waals surface area contributed by atoms with Crippen LogP contribution in [0.25, 0.3) is 10.8 Å². The quantitative estimate of drug-likeness (QED) is 0.417. The van der Waals surface area contributed by atoms with Crippen molar-refractivity contribution in [2.24, 2.45) is 0 Å². The van der Waals surface area contributed by atoms with Gasteiger partial charge < -0.3 is 9.11 Å². The Hall–Kier alpha value is 2.13. The molecule has 2 aromatic rings. The van der Waals surface area contributed by atoms with Crippen LogP contribution in [0.5, 0.6) is 0 Å². The fourth-order valence-electron chi connectivity index (χ4n) is 1.68. The van der Waals surface area contributed by atoms with Crippen LogP contribution in [0.3, 0.4) is 0 Å². The third-order valence-electron chi connectivity index (χ3n) is 2.36. The Balaban J connectivity index is 0.00000180. The Morgan fingerprint density at radius 2 is 1.30 bits per heavy atom. The Morgan fingerprint density at radius 1 is 0.750 bits per heavy atom. The maximum atomic E-state index is 11.2. The Bertz CT molecular complexity index is 830. The van der Waals surface area contributed by atoms with Crippen molar-refractivity contribution in [1.82, 2.24) is 0 Å². The van der Waals surface area contributed by atoms with E-state index in [2.05, 4.69) is 0 Å². The van der Waals surface area contributed by atoms with Gasteiger partial charge in [0, 0.05) is 5.39 Å². The molecule has 6 nitrogen and oxygen atoms in total. The molecule has 2 aromatic carbocycles. The molecule has 0 fully saturated rings. The molecule has 0 atom stereocenters. The molecule has 0 N–H and O–H groups in total. The molecule has 0 saturated heterocycles. The minimum absolute atomic E-state index is 0. The van der Waals surface area contributed by atoms with Gasteiger partial charge in [0.25, 0.3) is 0 Å². The normalized spacial score (nSPS) is 11.5. The molecule has 0 amide bonds. The molecule has 2 rings (SSSR count). The van der Waals surface area contributed by atoms with Crippen molar-refractivity contribution in [1.29, 1.82) is 0 Å². The van der Waals surface area contributed by atoms with Gasteiger partial charge in [0.05, 0.1) is 9.79 Å². The van der Waals surface area contributed by atoms with Crippen LogP contribution in [-0.4, -0.2) is 25.9 Å². The molecule has 10 heteroatoms. The van der Waals surface area contributed by atoms with E-state index < -0.39 is 30.0 Å². The summed E-state index contributed by atoms with van der Waals surface area (Å²) in [6, 6.07) is 7.91. The fraction of sp³-hybridized carbons (Fsp3) is 0. The number of rotatable bonds is 2. The van der Waals surface area contributed by atoms with Gasteiger partial charge in [-0.3, -0.25) is 0 Å². The van der Waals surface area contributed by atoms with Crippen molar-refractivity contribution in [3.05, 3.63) is 36.4 Å². The smallest absolute Gasteiger partial charge is 0.744 e. The SMILES string of the molecule is O=S(=O)([O-])c1ccc2ccccc2c1S(=O)(=O)[O-].[Rb+].[Rb+]. The first-order chi connectivity index (χ1) is 8.21. The average Bonchev–Trinajstić information content (AvgIpc) is 2.24. The van der Waals surface area contributed by atoms with Crippen LogP contribution in [-0.2, 0) is 20.2 Å². The molecular weight excluding hydrogens is 451 g/mol. The van der Waals surface area contributed by atoms with E-state index in [4.69, 9.17) is 0 Å². The maximum absolute atomic E-state index is 11.2. The number of fused-ring (bicyclic) bond motifs is 1. The van der Waals surface area contributed by atoms with E-state index in [0.29, 0.717) is 5.39 Å². The van der Waals surface area contributed by atoms with Gasteiger partial charge in [0.2, 0.25) is 0 Å². The number of hydrogen-bond acceptors (Lipinski definition) is 6. The Labute approximate surface area is 214 Å². The number of benzene rings is 2. The van der Waals surface area contributed by atoms with Crippen LogP contribution in [0, 0.1) is 0 Å². The van der Waals surface area contributed by atoms with E-state index >= 15 is 0 Å². The summed E-state index contributed by atoms with van der Waals surface area (Å²) in [5.74, 6) is 0. The molecule has 0 aliphatic carbocycles. The third-order valence-corrected chi connectivity index (χ3v) is 4.31. The van der Waals surface area contributed by atoms with Crippen molar-refractivity contribution in [2.75, 3.05) is 0 Å². The molecule has 0 heterocycles. The molecule has 0 unspecified atom stereocenters. The predicted octanol–water partition coefficient (Wildman–Crippen LogP) is -5.34. The first-order valence-electron chi connectivity index (χ1n) is 4.65. The van der Waals surface area contributed by atoms with E-state index in [-0.39, 0.29) is 122 Å². The standard InChI is InChI=1S/C10H8O6S2.2Rb/c11-17(12,13)9-6-5-7-3-1-2-4-8(7)10(9)18(14,15)16;;/h1-6H,(H,11,12,13)(H,14,15,16);;/q;2*+1/p-2. The van der Waals surface area contributed by atoms with Crippen LogP contribution in [0.1, 0.15) is 0 Å². The first kappa shape index (κ1) is 22.1. The number of hydrogen-bond donors (Lipinski definition) is 0. The molecule has 0 saturated carbocycles. The molecule has 96 valence electrons. The van der Waals surface area contributed by atoms with E-state index in [1.165, 1.54) is 24.3 Å². The first-order valence-corrected chi connectivity index (χ1v) is 7.46. The minimum Gasteiger partial charge on any atom is -0.744 e. The monoisotopic (exact) mass is 456 g/mol. The predicted molar refractivity (Wildman–Crippen MR) is 59.9 cm³/mol. The van der Waals surface area contributed by atoms with Gasteiger partial charge in [-0.1, -0.05) is 30.3 Å². The Kier molecular flexibility index (Phi) is 9.18. The van der Waals surface area contributed by atoms with Gasteiger partial charge in [0.15, 0.2) is 0 Å². The van der Waals surface area contributed by atoms with E-state index in [1.807, 2.05) is 0 Å². The zero-order chi connectivity index (χ0) is 13.6. The molecule has 0 aliphatic heterocycles. The summed E-state index contributed by atoms with van der Waals surface area (Å²) in [7, 11) is -10.1. The van der Waals surface area contributed by atoms with Crippen LogP contribution in [0.4, 0.5) is 0 Å². The van der Waals surface area contributed by atoms with Crippen molar-refractivity contribution < 1.29 is 142 Å². The van der Waals surface area contributed by atoms with Crippen molar-refractivity contribution in [2.45, 2.75) is 9.79 Å². The minimum atomic E-state index is -5.07. The van der Waals surface area contributed by atoms with Crippen LogP contribution in [0.15, 0.2) is 46.2 Å². The summed E-state index contributed by atoms with van der Waals surface area (Å²) < 4.78 is 66.4. The van der Waals surface area contributed by atoms with Crippen LogP contribution < -0.4 is 116 Å². The van der Waals surface area contributed by atoms with Crippen LogP contribution >= 0.6 is 0 Å². The second kappa shape index (κ2) is 8.29. The summed E-state index contributed by atoms with van der Waals surface area (Å²) >= 11 is 0. The van der Waals surface area contributed by atoms with E-state index in [9.17, 15) is 25.9 Å². The second-order valence-electron chi connectivity index (χ2n) is 3.52. The van der Waals surface area contributed by atoms with Gasteiger partial charge in [-0.15, -0.1) is 0 Å². The van der Waals surface area contributed by atoms with Crippen LogP contribution in [0.2, 0.25) is 0 Å².